The Kier molecular flexibility index (Phi) is 10.5. The fourth-order valence-corrected chi connectivity index (χ4v) is 4.58. The number of halogens is 1. The molecule has 0 bridgehead atoms. The molecule has 2 heterocycles. The standard InChI is InChI=1S/C20H29N5O4S.HI/c1-2-21-20(22-10-6-15-28-19-7-4-3-5-8-19)24-11-13-25(14-12-24)30(26,27)17-18-9-16-29-23-18;/h3-5,7-9,16H,2,6,10-15,17H2,1H3,(H,21,22);1H. The van der Waals surface area contributed by atoms with Crippen molar-refractivity contribution in [3.63, 3.8) is 0 Å². The average Bonchev–Trinajstić information content (AvgIpc) is 3.26. The van der Waals surface area contributed by atoms with E-state index in [2.05, 4.69) is 20.4 Å². The number of sulfonamides is 1. The molecule has 2 aromatic rings. The van der Waals surface area contributed by atoms with E-state index in [1.807, 2.05) is 37.3 Å². The predicted octanol–water partition coefficient (Wildman–Crippen LogP) is 2.17. The summed E-state index contributed by atoms with van der Waals surface area (Å²) in [5, 5.41) is 7.00. The molecular weight excluding hydrogens is 533 g/mol. The molecule has 3 rings (SSSR count). The number of para-hydroxylation sites is 1. The van der Waals surface area contributed by atoms with E-state index >= 15 is 0 Å². The van der Waals surface area contributed by atoms with Crippen LogP contribution in [0.4, 0.5) is 0 Å². The van der Waals surface area contributed by atoms with Gasteiger partial charge in [-0.15, -0.1) is 24.0 Å². The Balaban J connectivity index is 0.00000341. The molecule has 31 heavy (non-hydrogen) atoms. The number of nitrogens with one attached hydrogen (secondary N) is 1. The second-order valence-corrected chi connectivity index (χ2v) is 8.85. The van der Waals surface area contributed by atoms with E-state index in [1.54, 1.807) is 6.07 Å². The first-order valence-corrected chi connectivity index (χ1v) is 11.8. The van der Waals surface area contributed by atoms with Gasteiger partial charge in [0.2, 0.25) is 10.0 Å². The molecule has 1 saturated heterocycles. The third-order valence-electron chi connectivity index (χ3n) is 4.66. The van der Waals surface area contributed by atoms with Gasteiger partial charge in [0.25, 0.3) is 0 Å². The lowest BCUT2D eigenvalue weighted by molar-refractivity contribution is 0.259. The number of guanidine groups is 1. The molecule has 1 aromatic carbocycles. The van der Waals surface area contributed by atoms with Crippen LogP contribution in [0.2, 0.25) is 0 Å². The van der Waals surface area contributed by atoms with E-state index in [0.717, 1.165) is 24.7 Å². The van der Waals surface area contributed by atoms with Gasteiger partial charge in [0, 0.05) is 51.8 Å². The number of rotatable bonds is 9. The van der Waals surface area contributed by atoms with Crippen LogP contribution in [0, 0.1) is 0 Å². The summed E-state index contributed by atoms with van der Waals surface area (Å²) in [7, 11) is -3.41. The van der Waals surface area contributed by atoms with Crippen molar-refractivity contribution in [2.45, 2.75) is 19.1 Å². The minimum absolute atomic E-state index is 0. The summed E-state index contributed by atoms with van der Waals surface area (Å²) < 4.78 is 37.1. The Morgan fingerprint density at radius 3 is 2.58 bits per heavy atom. The van der Waals surface area contributed by atoms with Crippen LogP contribution in [0.1, 0.15) is 19.0 Å². The molecule has 172 valence electrons. The van der Waals surface area contributed by atoms with Crippen LogP contribution in [0.3, 0.4) is 0 Å². The number of piperazine rings is 1. The first-order chi connectivity index (χ1) is 14.6. The highest BCUT2D eigenvalue weighted by molar-refractivity contribution is 14.0. The van der Waals surface area contributed by atoms with Crippen molar-refractivity contribution < 1.29 is 17.7 Å². The van der Waals surface area contributed by atoms with E-state index in [9.17, 15) is 8.42 Å². The second-order valence-electron chi connectivity index (χ2n) is 6.88. The zero-order valence-corrected chi connectivity index (χ0v) is 20.8. The van der Waals surface area contributed by atoms with E-state index < -0.39 is 10.0 Å². The molecule has 0 unspecified atom stereocenters. The van der Waals surface area contributed by atoms with Gasteiger partial charge < -0.3 is 19.5 Å². The van der Waals surface area contributed by atoms with Gasteiger partial charge >= 0.3 is 0 Å². The van der Waals surface area contributed by atoms with Gasteiger partial charge in [0.05, 0.1) is 12.3 Å². The maximum Gasteiger partial charge on any atom is 0.220 e. The molecule has 1 N–H and O–H groups in total. The minimum Gasteiger partial charge on any atom is -0.494 e. The van der Waals surface area contributed by atoms with Gasteiger partial charge in [-0.25, -0.2) is 8.42 Å². The Labute approximate surface area is 200 Å². The van der Waals surface area contributed by atoms with Gasteiger partial charge in [-0.3, -0.25) is 4.99 Å². The Hall–Kier alpha value is -1.86. The Bertz CT molecular complexity index is 886. The molecule has 1 aliphatic rings. The van der Waals surface area contributed by atoms with Crippen LogP contribution in [-0.2, 0) is 15.8 Å². The van der Waals surface area contributed by atoms with Crippen molar-refractivity contribution in [1.29, 1.82) is 0 Å². The molecule has 0 amide bonds. The third kappa shape index (κ3) is 7.96. The number of aromatic nitrogens is 1. The second kappa shape index (κ2) is 12.9. The summed E-state index contributed by atoms with van der Waals surface area (Å²) in [5.74, 6) is 1.53. The fourth-order valence-electron chi connectivity index (χ4n) is 3.15. The summed E-state index contributed by atoms with van der Waals surface area (Å²) in [6, 6.07) is 11.3. The Morgan fingerprint density at radius 1 is 1.19 bits per heavy atom. The summed E-state index contributed by atoms with van der Waals surface area (Å²) >= 11 is 0. The topological polar surface area (TPSA) is 100 Å². The molecule has 0 radical (unpaired) electrons. The minimum atomic E-state index is -3.41. The molecule has 9 nitrogen and oxygen atoms in total. The highest BCUT2D eigenvalue weighted by Crippen LogP contribution is 2.13. The summed E-state index contributed by atoms with van der Waals surface area (Å²) in [5.41, 5.74) is 0.421. The predicted molar refractivity (Wildman–Crippen MR) is 130 cm³/mol. The van der Waals surface area contributed by atoms with Gasteiger partial charge in [-0.1, -0.05) is 23.4 Å². The monoisotopic (exact) mass is 563 g/mol. The fraction of sp³-hybridized carbons (Fsp3) is 0.500. The zero-order chi connectivity index (χ0) is 21.2. The molecule has 1 aromatic heterocycles. The molecule has 0 aliphatic carbocycles. The third-order valence-corrected chi connectivity index (χ3v) is 6.48. The highest BCUT2D eigenvalue weighted by Gasteiger charge is 2.28. The van der Waals surface area contributed by atoms with Crippen LogP contribution < -0.4 is 10.1 Å². The summed E-state index contributed by atoms with van der Waals surface area (Å²) in [6.07, 6.45) is 2.18. The lowest BCUT2D eigenvalue weighted by Gasteiger charge is -2.35. The molecule has 0 atom stereocenters. The number of aliphatic imine (C=N–C) groups is 1. The van der Waals surface area contributed by atoms with Gasteiger partial charge in [-0.2, -0.15) is 4.31 Å². The van der Waals surface area contributed by atoms with E-state index in [4.69, 9.17) is 9.26 Å². The molecule has 1 aliphatic heterocycles. The molecule has 11 heteroatoms. The quantitative estimate of drug-likeness (QED) is 0.216. The number of ether oxygens (including phenoxy) is 1. The maximum atomic E-state index is 12.6. The van der Waals surface area contributed by atoms with Crippen molar-refractivity contribution in [2.75, 3.05) is 45.9 Å². The number of benzene rings is 1. The van der Waals surface area contributed by atoms with Crippen LogP contribution in [0.5, 0.6) is 5.75 Å². The van der Waals surface area contributed by atoms with Crippen LogP contribution in [0.25, 0.3) is 0 Å². The number of nitrogens with zero attached hydrogens (tertiary/aromatic N) is 4. The SMILES string of the molecule is CCNC(=NCCCOc1ccccc1)N1CCN(S(=O)(=O)Cc2ccon2)CC1.I. The van der Waals surface area contributed by atoms with E-state index in [-0.39, 0.29) is 29.7 Å². The molecule has 0 saturated carbocycles. The lowest BCUT2D eigenvalue weighted by atomic mass is 10.3. The molecular formula is C20H30IN5O4S. The number of hydrogen-bond acceptors (Lipinski definition) is 6. The summed E-state index contributed by atoms with van der Waals surface area (Å²) in [4.78, 5) is 6.78. The van der Waals surface area contributed by atoms with Crippen LogP contribution >= 0.6 is 24.0 Å². The zero-order valence-electron chi connectivity index (χ0n) is 17.6. The van der Waals surface area contributed by atoms with Crippen LogP contribution in [-0.4, -0.2) is 74.6 Å². The largest absolute Gasteiger partial charge is 0.494 e. The van der Waals surface area contributed by atoms with Gasteiger partial charge in [-0.05, 0) is 19.1 Å². The van der Waals surface area contributed by atoms with Crippen LogP contribution in [0.15, 0.2) is 52.2 Å². The van der Waals surface area contributed by atoms with Gasteiger partial charge in [0.1, 0.15) is 17.8 Å². The van der Waals surface area contributed by atoms with Gasteiger partial charge in [0.15, 0.2) is 5.96 Å². The molecule has 0 spiro atoms. The van der Waals surface area contributed by atoms with E-state index in [0.29, 0.717) is 45.0 Å². The maximum absolute atomic E-state index is 12.6. The van der Waals surface area contributed by atoms with Crippen molar-refractivity contribution in [2.24, 2.45) is 4.99 Å². The van der Waals surface area contributed by atoms with Crippen molar-refractivity contribution in [3.8, 4) is 5.75 Å². The molecule has 1 fully saturated rings. The highest BCUT2D eigenvalue weighted by atomic mass is 127. The normalized spacial score (nSPS) is 15.4. The number of hydrogen-bond donors (Lipinski definition) is 1. The first kappa shape index (κ1) is 25.4. The smallest absolute Gasteiger partial charge is 0.220 e. The van der Waals surface area contributed by atoms with E-state index in [1.165, 1.54) is 10.6 Å². The average molecular weight is 563 g/mol. The lowest BCUT2D eigenvalue weighted by Crippen LogP contribution is -2.53. The van der Waals surface area contributed by atoms with Crippen molar-refractivity contribution in [3.05, 3.63) is 48.4 Å². The van der Waals surface area contributed by atoms with Crippen molar-refractivity contribution >= 4 is 40.0 Å². The van der Waals surface area contributed by atoms with Crippen molar-refractivity contribution in [1.82, 2.24) is 19.7 Å². The summed E-state index contributed by atoms with van der Waals surface area (Å²) in [6.45, 7) is 6.02. The first-order valence-electron chi connectivity index (χ1n) is 10.2. The Morgan fingerprint density at radius 2 is 1.94 bits per heavy atom.